The van der Waals surface area contributed by atoms with Crippen molar-refractivity contribution in [1.82, 2.24) is 0 Å². The van der Waals surface area contributed by atoms with Gasteiger partial charge in [0.2, 0.25) is 5.91 Å². The van der Waals surface area contributed by atoms with Crippen molar-refractivity contribution in [2.45, 2.75) is 26.5 Å². The number of nitrogens with zero attached hydrogens (tertiary/aromatic N) is 1. The third-order valence-electron chi connectivity index (χ3n) is 2.70. The van der Waals surface area contributed by atoms with Gasteiger partial charge in [-0.05, 0) is 24.6 Å². The summed E-state index contributed by atoms with van der Waals surface area (Å²) in [4.78, 5) is 13.2. The number of ether oxygens (including phenoxy) is 1. The summed E-state index contributed by atoms with van der Waals surface area (Å²) in [5, 5.41) is 0. The van der Waals surface area contributed by atoms with E-state index in [0.717, 1.165) is 17.0 Å². The Morgan fingerprint density at radius 2 is 2.38 bits per heavy atom. The number of anilines is 1. The van der Waals surface area contributed by atoms with Crippen LogP contribution in [0, 0.1) is 0 Å². The van der Waals surface area contributed by atoms with Gasteiger partial charge in [0.1, 0.15) is 11.9 Å². The second kappa shape index (κ2) is 4.14. The maximum Gasteiger partial charge on any atom is 0.224 e. The molecule has 1 aliphatic heterocycles. The monoisotopic (exact) mass is 220 g/mol. The Labute approximate surface area is 95.0 Å². The summed E-state index contributed by atoms with van der Waals surface area (Å²) in [7, 11) is 0. The highest BCUT2D eigenvalue weighted by molar-refractivity contribution is 5.93. The molecule has 1 amide bonds. The van der Waals surface area contributed by atoms with E-state index >= 15 is 0 Å². The molecule has 0 spiro atoms. The van der Waals surface area contributed by atoms with Crippen LogP contribution < -0.4 is 15.4 Å². The highest BCUT2D eigenvalue weighted by atomic mass is 16.5. The van der Waals surface area contributed by atoms with E-state index in [0.29, 0.717) is 13.1 Å². The molecule has 0 saturated heterocycles. The lowest BCUT2D eigenvalue weighted by Gasteiger charge is -2.33. The Kier molecular flexibility index (Phi) is 2.83. The van der Waals surface area contributed by atoms with Crippen LogP contribution in [-0.4, -0.2) is 18.6 Å². The van der Waals surface area contributed by atoms with Crippen molar-refractivity contribution in [3.05, 3.63) is 23.8 Å². The number of benzene rings is 1. The highest BCUT2D eigenvalue weighted by Gasteiger charge is 2.25. The summed E-state index contributed by atoms with van der Waals surface area (Å²) in [6.07, 6.45) is 0.0180. The molecule has 2 rings (SSSR count). The SMILES string of the molecule is CC(=O)N1CC(C)Oc2cc(CN)ccc21. The molecular weight excluding hydrogens is 204 g/mol. The molecule has 2 N–H and O–H groups in total. The van der Waals surface area contributed by atoms with Gasteiger partial charge in [0.25, 0.3) is 0 Å². The minimum Gasteiger partial charge on any atom is -0.487 e. The van der Waals surface area contributed by atoms with Gasteiger partial charge in [0, 0.05) is 13.5 Å². The number of amides is 1. The van der Waals surface area contributed by atoms with Crippen molar-refractivity contribution < 1.29 is 9.53 Å². The van der Waals surface area contributed by atoms with E-state index in [-0.39, 0.29) is 12.0 Å². The quantitative estimate of drug-likeness (QED) is 0.775. The molecule has 1 atom stereocenters. The average Bonchev–Trinajstić information content (AvgIpc) is 2.26. The molecule has 1 aromatic carbocycles. The number of hydrogen-bond acceptors (Lipinski definition) is 3. The van der Waals surface area contributed by atoms with Crippen molar-refractivity contribution in [3.63, 3.8) is 0 Å². The second-order valence-electron chi connectivity index (χ2n) is 4.06. The van der Waals surface area contributed by atoms with E-state index < -0.39 is 0 Å². The fourth-order valence-corrected chi connectivity index (χ4v) is 1.91. The molecule has 0 radical (unpaired) electrons. The van der Waals surface area contributed by atoms with E-state index in [1.165, 1.54) is 0 Å². The molecule has 1 unspecified atom stereocenters. The summed E-state index contributed by atoms with van der Waals surface area (Å²) in [6, 6.07) is 5.72. The third kappa shape index (κ3) is 1.88. The molecule has 4 nitrogen and oxygen atoms in total. The summed E-state index contributed by atoms with van der Waals surface area (Å²) in [5.74, 6) is 0.786. The van der Waals surface area contributed by atoms with Gasteiger partial charge in [0.15, 0.2) is 0 Å². The Morgan fingerprint density at radius 3 is 3.00 bits per heavy atom. The van der Waals surface area contributed by atoms with Crippen molar-refractivity contribution in [1.29, 1.82) is 0 Å². The van der Waals surface area contributed by atoms with Crippen LogP contribution in [0.2, 0.25) is 0 Å². The molecule has 0 bridgehead atoms. The van der Waals surface area contributed by atoms with E-state index in [1.54, 1.807) is 11.8 Å². The predicted octanol–water partition coefficient (Wildman–Crippen LogP) is 1.28. The predicted molar refractivity (Wildman–Crippen MR) is 62.5 cm³/mol. The van der Waals surface area contributed by atoms with Crippen LogP contribution in [0.25, 0.3) is 0 Å². The first-order valence-electron chi connectivity index (χ1n) is 5.39. The number of fused-ring (bicyclic) bond motifs is 1. The van der Waals surface area contributed by atoms with Gasteiger partial charge in [-0.15, -0.1) is 0 Å². The average molecular weight is 220 g/mol. The van der Waals surface area contributed by atoms with Crippen molar-refractivity contribution >= 4 is 11.6 Å². The number of carbonyl (C=O) groups is 1. The summed E-state index contributed by atoms with van der Waals surface area (Å²) in [6.45, 7) is 4.60. The first-order chi connectivity index (χ1) is 7.61. The van der Waals surface area contributed by atoms with E-state index in [1.807, 2.05) is 25.1 Å². The lowest BCUT2D eigenvalue weighted by atomic mass is 10.1. The summed E-state index contributed by atoms with van der Waals surface area (Å²) < 4.78 is 5.71. The van der Waals surface area contributed by atoms with Crippen LogP contribution in [0.15, 0.2) is 18.2 Å². The van der Waals surface area contributed by atoms with E-state index in [2.05, 4.69) is 0 Å². The van der Waals surface area contributed by atoms with Crippen LogP contribution in [-0.2, 0) is 11.3 Å². The molecule has 4 heteroatoms. The topological polar surface area (TPSA) is 55.6 Å². The molecule has 86 valence electrons. The molecule has 0 aromatic heterocycles. The zero-order chi connectivity index (χ0) is 11.7. The van der Waals surface area contributed by atoms with E-state index in [9.17, 15) is 4.79 Å². The molecule has 1 heterocycles. The van der Waals surface area contributed by atoms with Gasteiger partial charge in [-0.3, -0.25) is 4.79 Å². The lowest BCUT2D eigenvalue weighted by Crippen LogP contribution is -2.41. The largest absolute Gasteiger partial charge is 0.487 e. The Hall–Kier alpha value is -1.55. The molecule has 0 fully saturated rings. The Balaban J connectivity index is 2.43. The van der Waals surface area contributed by atoms with E-state index in [4.69, 9.17) is 10.5 Å². The van der Waals surface area contributed by atoms with Crippen molar-refractivity contribution in [2.75, 3.05) is 11.4 Å². The van der Waals surface area contributed by atoms with Crippen molar-refractivity contribution in [2.24, 2.45) is 5.73 Å². The number of hydrogen-bond donors (Lipinski definition) is 1. The van der Waals surface area contributed by atoms with Gasteiger partial charge in [-0.25, -0.2) is 0 Å². The molecular formula is C12H16N2O2. The van der Waals surface area contributed by atoms with Crippen LogP contribution in [0.1, 0.15) is 19.4 Å². The van der Waals surface area contributed by atoms with Gasteiger partial charge in [-0.1, -0.05) is 6.07 Å². The van der Waals surface area contributed by atoms with Crippen LogP contribution in [0.4, 0.5) is 5.69 Å². The normalized spacial score (nSPS) is 18.9. The summed E-state index contributed by atoms with van der Waals surface area (Å²) in [5.41, 5.74) is 7.42. The molecule has 0 aliphatic carbocycles. The Morgan fingerprint density at radius 1 is 1.62 bits per heavy atom. The summed E-state index contributed by atoms with van der Waals surface area (Å²) >= 11 is 0. The van der Waals surface area contributed by atoms with Gasteiger partial charge < -0.3 is 15.4 Å². The molecule has 1 aliphatic rings. The van der Waals surface area contributed by atoms with Crippen LogP contribution in [0.3, 0.4) is 0 Å². The first kappa shape index (κ1) is 11.0. The minimum absolute atomic E-state index is 0.0180. The number of carbonyl (C=O) groups excluding carboxylic acids is 1. The van der Waals surface area contributed by atoms with Crippen LogP contribution >= 0.6 is 0 Å². The molecule has 1 aromatic rings. The fourth-order valence-electron chi connectivity index (χ4n) is 1.91. The standard InChI is InChI=1S/C12H16N2O2/c1-8-7-14(9(2)15)11-4-3-10(6-13)5-12(11)16-8/h3-5,8H,6-7,13H2,1-2H3. The number of nitrogens with two attached hydrogens (primary N) is 1. The third-order valence-corrected chi connectivity index (χ3v) is 2.70. The van der Waals surface area contributed by atoms with Crippen LogP contribution in [0.5, 0.6) is 5.75 Å². The van der Waals surface area contributed by atoms with Gasteiger partial charge in [0.05, 0.1) is 12.2 Å². The first-order valence-corrected chi connectivity index (χ1v) is 5.39. The molecule has 16 heavy (non-hydrogen) atoms. The smallest absolute Gasteiger partial charge is 0.224 e. The van der Waals surface area contributed by atoms with Gasteiger partial charge in [-0.2, -0.15) is 0 Å². The maximum absolute atomic E-state index is 11.5. The number of rotatable bonds is 1. The van der Waals surface area contributed by atoms with Gasteiger partial charge >= 0.3 is 0 Å². The maximum atomic E-state index is 11.5. The molecule has 0 saturated carbocycles. The Bertz CT molecular complexity index is 417. The minimum atomic E-state index is 0.0180. The van der Waals surface area contributed by atoms with Crippen molar-refractivity contribution in [3.8, 4) is 5.75 Å². The fraction of sp³-hybridized carbons (Fsp3) is 0.417. The highest BCUT2D eigenvalue weighted by Crippen LogP contribution is 2.34. The second-order valence-corrected chi connectivity index (χ2v) is 4.06. The lowest BCUT2D eigenvalue weighted by molar-refractivity contribution is -0.117. The zero-order valence-corrected chi connectivity index (χ0v) is 9.56. The zero-order valence-electron chi connectivity index (χ0n) is 9.56.